The minimum atomic E-state index is 0.453. The van der Waals surface area contributed by atoms with E-state index in [4.69, 9.17) is 5.73 Å². The number of nitrogens with zero attached hydrogens (tertiary/aromatic N) is 3. The van der Waals surface area contributed by atoms with Crippen molar-refractivity contribution in [2.45, 2.75) is 39.5 Å². The van der Waals surface area contributed by atoms with Gasteiger partial charge in [0.15, 0.2) is 0 Å². The van der Waals surface area contributed by atoms with E-state index in [0.717, 1.165) is 17.4 Å². The largest absolute Gasteiger partial charge is 0.368 e. The molecule has 18 heavy (non-hydrogen) atoms. The van der Waals surface area contributed by atoms with Gasteiger partial charge in [-0.3, -0.25) is 4.57 Å². The Bertz CT molecular complexity index is 589. The van der Waals surface area contributed by atoms with E-state index in [1.165, 1.54) is 29.5 Å². The summed E-state index contributed by atoms with van der Waals surface area (Å²) in [6.07, 6.45) is 2.65. The van der Waals surface area contributed by atoms with Crippen molar-refractivity contribution in [2.24, 2.45) is 0 Å². The lowest BCUT2D eigenvalue weighted by Crippen LogP contribution is -2.06. The highest BCUT2D eigenvalue weighted by molar-refractivity contribution is 5.53. The number of nitrogens with two attached hydrogens (primary N) is 1. The monoisotopic (exact) mass is 242 g/mol. The summed E-state index contributed by atoms with van der Waals surface area (Å²) in [6, 6.07) is 4.37. The zero-order valence-electron chi connectivity index (χ0n) is 11.1. The van der Waals surface area contributed by atoms with E-state index in [-0.39, 0.29) is 0 Å². The number of nitrogen functional groups attached to an aromatic ring is 1. The first kappa shape index (κ1) is 11.3. The molecule has 0 unspecified atom stereocenters. The topological polar surface area (TPSA) is 56.7 Å². The van der Waals surface area contributed by atoms with Crippen LogP contribution in [0.3, 0.4) is 0 Å². The van der Waals surface area contributed by atoms with Crippen molar-refractivity contribution in [2.75, 3.05) is 5.73 Å². The van der Waals surface area contributed by atoms with Crippen LogP contribution in [0.4, 0.5) is 5.95 Å². The lowest BCUT2D eigenvalue weighted by molar-refractivity contribution is 0.955. The Hall–Kier alpha value is -1.84. The molecular formula is C14H18N4. The number of benzene rings is 1. The van der Waals surface area contributed by atoms with Crippen LogP contribution in [0.1, 0.15) is 41.3 Å². The molecule has 1 aromatic heterocycles. The number of hydrogen-bond donors (Lipinski definition) is 1. The Morgan fingerprint density at radius 1 is 1.11 bits per heavy atom. The highest BCUT2D eigenvalue weighted by Crippen LogP contribution is 2.42. The van der Waals surface area contributed by atoms with Crippen LogP contribution in [0.2, 0.25) is 0 Å². The number of hydrogen-bond acceptors (Lipinski definition) is 3. The van der Waals surface area contributed by atoms with Crippen molar-refractivity contribution in [3.8, 4) is 5.69 Å². The predicted molar refractivity (Wildman–Crippen MR) is 72.0 cm³/mol. The molecule has 1 heterocycles. The lowest BCUT2D eigenvalue weighted by Gasteiger charge is -2.15. The van der Waals surface area contributed by atoms with E-state index in [1.807, 2.05) is 11.5 Å². The van der Waals surface area contributed by atoms with E-state index in [2.05, 4.69) is 36.2 Å². The van der Waals surface area contributed by atoms with Gasteiger partial charge in [0.25, 0.3) is 0 Å². The molecule has 4 heteroatoms. The standard InChI is InChI=1S/C14H18N4/c1-8-9(2)13(7-6-12(8)11-4-5-11)18-10(3)16-17-14(18)15/h6-7,11H,4-5H2,1-3H3,(H2,15,17). The van der Waals surface area contributed by atoms with Gasteiger partial charge in [0.2, 0.25) is 5.95 Å². The second-order valence-corrected chi connectivity index (χ2v) is 5.14. The molecule has 1 aliphatic rings. The van der Waals surface area contributed by atoms with Crippen LogP contribution >= 0.6 is 0 Å². The van der Waals surface area contributed by atoms with Gasteiger partial charge in [-0.15, -0.1) is 10.2 Å². The molecule has 0 amide bonds. The van der Waals surface area contributed by atoms with Crippen molar-refractivity contribution in [3.05, 3.63) is 34.6 Å². The molecule has 1 aliphatic carbocycles. The summed E-state index contributed by atoms with van der Waals surface area (Å²) in [5.41, 5.74) is 11.1. The van der Waals surface area contributed by atoms with Gasteiger partial charge in [-0.05, 0) is 62.3 Å². The summed E-state index contributed by atoms with van der Waals surface area (Å²) in [5, 5.41) is 7.95. The highest BCUT2D eigenvalue weighted by Gasteiger charge is 2.26. The maximum Gasteiger partial charge on any atom is 0.226 e. The van der Waals surface area contributed by atoms with Crippen LogP contribution in [-0.2, 0) is 0 Å². The second kappa shape index (κ2) is 3.83. The fourth-order valence-electron chi connectivity index (χ4n) is 2.58. The quantitative estimate of drug-likeness (QED) is 0.880. The molecule has 0 atom stereocenters. The van der Waals surface area contributed by atoms with Gasteiger partial charge >= 0.3 is 0 Å². The molecule has 1 fully saturated rings. The Morgan fingerprint density at radius 2 is 1.83 bits per heavy atom. The molecule has 0 radical (unpaired) electrons. The van der Waals surface area contributed by atoms with Gasteiger partial charge < -0.3 is 5.73 Å². The smallest absolute Gasteiger partial charge is 0.226 e. The van der Waals surface area contributed by atoms with Gasteiger partial charge in [-0.2, -0.15) is 0 Å². The van der Waals surface area contributed by atoms with Crippen LogP contribution in [0, 0.1) is 20.8 Å². The summed E-state index contributed by atoms with van der Waals surface area (Å²) in [5.74, 6) is 2.06. The molecular weight excluding hydrogens is 224 g/mol. The third-order valence-electron chi connectivity index (χ3n) is 3.91. The van der Waals surface area contributed by atoms with Crippen LogP contribution in [0.15, 0.2) is 12.1 Å². The molecule has 1 saturated carbocycles. The molecule has 2 aromatic rings. The predicted octanol–water partition coefficient (Wildman–Crippen LogP) is 2.65. The van der Waals surface area contributed by atoms with Crippen LogP contribution < -0.4 is 5.73 Å². The van der Waals surface area contributed by atoms with Gasteiger partial charge in [0.1, 0.15) is 5.82 Å². The highest BCUT2D eigenvalue weighted by atomic mass is 15.3. The fraction of sp³-hybridized carbons (Fsp3) is 0.429. The van der Waals surface area contributed by atoms with Crippen molar-refractivity contribution in [1.82, 2.24) is 14.8 Å². The fourth-order valence-corrected chi connectivity index (χ4v) is 2.58. The van der Waals surface area contributed by atoms with Gasteiger partial charge in [-0.1, -0.05) is 6.07 Å². The number of aryl methyl sites for hydroxylation is 1. The lowest BCUT2D eigenvalue weighted by atomic mass is 9.98. The summed E-state index contributed by atoms with van der Waals surface area (Å²) < 4.78 is 1.92. The second-order valence-electron chi connectivity index (χ2n) is 5.14. The van der Waals surface area contributed by atoms with E-state index in [9.17, 15) is 0 Å². The van der Waals surface area contributed by atoms with Gasteiger partial charge in [-0.25, -0.2) is 0 Å². The van der Waals surface area contributed by atoms with Crippen LogP contribution in [-0.4, -0.2) is 14.8 Å². The minimum absolute atomic E-state index is 0.453. The summed E-state index contributed by atoms with van der Waals surface area (Å²) in [7, 11) is 0. The third kappa shape index (κ3) is 1.60. The average Bonchev–Trinajstić information content (AvgIpc) is 3.12. The van der Waals surface area contributed by atoms with Gasteiger partial charge in [0.05, 0.1) is 5.69 Å². The van der Waals surface area contributed by atoms with E-state index >= 15 is 0 Å². The Balaban J connectivity index is 2.16. The normalized spacial score (nSPS) is 15.1. The molecule has 1 aromatic carbocycles. The summed E-state index contributed by atoms with van der Waals surface area (Å²) in [4.78, 5) is 0. The maximum atomic E-state index is 5.89. The molecule has 0 spiro atoms. The van der Waals surface area contributed by atoms with E-state index in [1.54, 1.807) is 0 Å². The average molecular weight is 242 g/mol. The number of rotatable bonds is 2. The Morgan fingerprint density at radius 3 is 2.39 bits per heavy atom. The van der Waals surface area contributed by atoms with Crippen molar-refractivity contribution in [3.63, 3.8) is 0 Å². The Kier molecular flexibility index (Phi) is 2.40. The SMILES string of the molecule is Cc1c(C2CC2)ccc(-n2c(C)nnc2N)c1C. The van der Waals surface area contributed by atoms with Crippen LogP contribution in [0.5, 0.6) is 0 Å². The zero-order chi connectivity index (χ0) is 12.9. The van der Waals surface area contributed by atoms with Gasteiger partial charge in [0, 0.05) is 0 Å². The third-order valence-corrected chi connectivity index (χ3v) is 3.91. The molecule has 4 nitrogen and oxygen atoms in total. The van der Waals surface area contributed by atoms with Crippen molar-refractivity contribution >= 4 is 5.95 Å². The minimum Gasteiger partial charge on any atom is -0.368 e. The molecule has 2 N–H and O–H groups in total. The Labute approximate surface area is 107 Å². The molecule has 0 bridgehead atoms. The van der Waals surface area contributed by atoms with Crippen molar-refractivity contribution in [1.29, 1.82) is 0 Å². The molecule has 0 aliphatic heterocycles. The summed E-state index contributed by atoms with van der Waals surface area (Å²) >= 11 is 0. The van der Waals surface area contributed by atoms with E-state index < -0.39 is 0 Å². The zero-order valence-corrected chi connectivity index (χ0v) is 11.1. The maximum absolute atomic E-state index is 5.89. The van der Waals surface area contributed by atoms with Crippen LogP contribution in [0.25, 0.3) is 5.69 Å². The summed E-state index contributed by atoms with van der Waals surface area (Å²) in [6.45, 7) is 6.27. The van der Waals surface area contributed by atoms with E-state index in [0.29, 0.717) is 5.95 Å². The first-order chi connectivity index (χ1) is 8.59. The number of aromatic nitrogens is 3. The molecule has 3 rings (SSSR count). The molecule has 0 saturated heterocycles. The molecule has 94 valence electrons. The first-order valence-electron chi connectivity index (χ1n) is 6.37. The van der Waals surface area contributed by atoms with Crippen molar-refractivity contribution < 1.29 is 0 Å². The number of anilines is 1. The first-order valence-corrected chi connectivity index (χ1v) is 6.37.